The number of anilines is 2. The summed E-state index contributed by atoms with van der Waals surface area (Å²) in [7, 11) is 4.11. The Morgan fingerprint density at radius 3 is 2.74 bits per heavy atom. The van der Waals surface area contributed by atoms with Crippen LogP contribution in [0.15, 0.2) is 47.1 Å². The fourth-order valence-corrected chi connectivity index (χ4v) is 2.42. The fraction of sp³-hybridized carbons (Fsp3) is 0.294. The van der Waals surface area contributed by atoms with Gasteiger partial charge in [0, 0.05) is 16.6 Å². The first kappa shape index (κ1) is 17.4. The Hall–Kier alpha value is -1.92. The highest BCUT2D eigenvalue weighted by molar-refractivity contribution is 9.10. The number of carbonyl (C=O) groups is 1. The monoisotopic (exact) mass is 376 g/mol. The summed E-state index contributed by atoms with van der Waals surface area (Å²) in [6.45, 7) is 1.91. The van der Waals surface area contributed by atoms with E-state index in [-0.39, 0.29) is 5.91 Å². The fourth-order valence-electron chi connectivity index (χ4n) is 2.02. The first-order valence-corrected chi connectivity index (χ1v) is 8.25. The standard InChI is InChI=1S/C17H21BrN4O/c1-22(2)10-4-9-19-16-8-7-15(12-20-16)21-17(23)13-5-3-6-14(18)11-13/h3,5-8,11-12H,4,9-10H2,1-2H3,(H,19,20)(H,21,23). The number of aromatic nitrogens is 1. The molecule has 0 unspecified atom stereocenters. The molecule has 2 aromatic rings. The van der Waals surface area contributed by atoms with E-state index in [1.807, 2.05) is 24.3 Å². The van der Waals surface area contributed by atoms with Gasteiger partial charge in [0.15, 0.2) is 0 Å². The average Bonchev–Trinajstić information content (AvgIpc) is 2.53. The molecule has 0 aliphatic rings. The number of benzene rings is 1. The number of halogens is 1. The molecule has 0 aliphatic carbocycles. The zero-order valence-corrected chi connectivity index (χ0v) is 14.9. The molecule has 0 fully saturated rings. The Morgan fingerprint density at radius 2 is 2.09 bits per heavy atom. The van der Waals surface area contributed by atoms with Crippen LogP contribution < -0.4 is 10.6 Å². The van der Waals surface area contributed by atoms with Gasteiger partial charge in [-0.25, -0.2) is 4.98 Å². The highest BCUT2D eigenvalue weighted by atomic mass is 79.9. The van der Waals surface area contributed by atoms with Crippen molar-refractivity contribution in [2.24, 2.45) is 0 Å². The number of hydrogen-bond acceptors (Lipinski definition) is 4. The van der Waals surface area contributed by atoms with Crippen molar-refractivity contribution in [3.8, 4) is 0 Å². The maximum atomic E-state index is 12.1. The molecule has 122 valence electrons. The Bertz CT molecular complexity index is 643. The number of nitrogens with one attached hydrogen (secondary N) is 2. The van der Waals surface area contributed by atoms with Crippen molar-refractivity contribution in [2.45, 2.75) is 6.42 Å². The molecule has 2 N–H and O–H groups in total. The van der Waals surface area contributed by atoms with Gasteiger partial charge in [-0.1, -0.05) is 22.0 Å². The normalized spacial score (nSPS) is 10.6. The zero-order chi connectivity index (χ0) is 16.7. The van der Waals surface area contributed by atoms with Crippen LogP contribution in [0.5, 0.6) is 0 Å². The predicted octanol–water partition coefficient (Wildman–Crippen LogP) is 3.46. The molecule has 0 bridgehead atoms. The Morgan fingerprint density at radius 1 is 1.26 bits per heavy atom. The van der Waals surface area contributed by atoms with Crippen LogP contribution in [0.1, 0.15) is 16.8 Å². The highest BCUT2D eigenvalue weighted by Crippen LogP contribution is 2.14. The van der Waals surface area contributed by atoms with E-state index in [9.17, 15) is 4.79 Å². The summed E-state index contributed by atoms with van der Waals surface area (Å²) in [5.74, 6) is 0.656. The van der Waals surface area contributed by atoms with Crippen molar-refractivity contribution in [1.82, 2.24) is 9.88 Å². The van der Waals surface area contributed by atoms with E-state index in [1.54, 1.807) is 18.3 Å². The molecule has 0 saturated carbocycles. The van der Waals surface area contributed by atoms with Crippen LogP contribution in [-0.2, 0) is 0 Å². The molecule has 23 heavy (non-hydrogen) atoms. The number of pyridine rings is 1. The molecule has 0 saturated heterocycles. The van der Waals surface area contributed by atoms with Gasteiger partial charge >= 0.3 is 0 Å². The van der Waals surface area contributed by atoms with E-state index in [0.29, 0.717) is 11.3 Å². The Labute approximate surface area is 145 Å². The average molecular weight is 377 g/mol. The van der Waals surface area contributed by atoms with E-state index in [2.05, 4.69) is 50.5 Å². The minimum atomic E-state index is -0.153. The van der Waals surface area contributed by atoms with E-state index in [0.717, 1.165) is 29.8 Å². The van der Waals surface area contributed by atoms with E-state index >= 15 is 0 Å². The zero-order valence-electron chi connectivity index (χ0n) is 13.3. The number of carbonyl (C=O) groups excluding carboxylic acids is 1. The molecule has 6 heteroatoms. The summed E-state index contributed by atoms with van der Waals surface area (Å²) < 4.78 is 0.876. The second-order valence-corrected chi connectivity index (χ2v) is 6.40. The minimum absolute atomic E-state index is 0.153. The lowest BCUT2D eigenvalue weighted by Crippen LogP contribution is -2.16. The van der Waals surface area contributed by atoms with Gasteiger partial charge in [-0.05, 0) is 57.4 Å². The molecule has 1 amide bonds. The smallest absolute Gasteiger partial charge is 0.255 e. The number of amides is 1. The van der Waals surface area contributed by atoms with Gasteiger partial charge in [-0.2, -0.15) is 0 Å². The minimum Gasteiger partial charge on any atom is -0.370 e. The SMILES string of the molecule is CN(C)CCCNc1ccc(NC(=O)c2cccc(Br)c2)cn1. The molecule has 0 radical (unpaired) electrons. The molecule has 1 heterocycles. The van der Waals surface area contributed by atoms with Crippen molar-refractivity contribution in [3.63, 3.8) is 0 Å². The topological polar surface area (TPSA) is 57.3 Å². The molecular weight excluding hydrogens is 356 g/mol. The van der Waals surface area contributed by atoms with Crippen LogP contribution in [0.3, 0.4) is 0 Å². The molecular formula is C17H21BrN4O. The molecule has 0 atom stereocenters. The third kappa shape index (κ3) is 6.00. The maximum Gasteiger partial charge on any atom is 0.255 e. The highest BCUT2D eigenvalue weighted by Gasteiger charge is 2.06. The van der Waals surface area contributed by atoms with Crippen molar-refractivity contribution < 1.29 is 4.79 Å². The summed E-state index contributed by atoms with van der Waals surface area (Å²) in [4.78, 5) is 18.6. The second kappa shape index (κ2) is 8.64. The third-order valence-electron chi connectivity index (χ3n) is 3.20. The van der Waals surface area contributed by atoms with Crippen molar-refractivity contribution in [3.05, 3.63) is 52.6 Å². The molecule has 0 aliphatic heterocycles. The molecule has 0 spiro atoms. The van der Waals surface area contributed by atoms with Crippen molar-refractivity contribution >= 4 is 33.3 Å². The van der Waals surface area contributed by atoms with Crippen LogP contribution in [-0.4, -0.2) is 43.0 Å². The summed E-state index contributed by atoms with van der Waals surface area (Å²) >= 11 is 3.36. The third-order valence-corrected chi connectivity index (χ3v) is 3.69. The molecule has 5 nitrogen and oxygen atoms in total. The molecule has 1 aromatic carbocycles. The van der Waals surface area contributed by atoms with E-state index in [4.69, 9.17) is 0 Å². The number of rotatable bonds is 7. The predicted molar refractivity (Wildman–Crippen MR) is 98.0 cm³/mol. The van der Waals surface area contributed by atoms with Gasteiger partial charge < -0.3 is 15.5 Å². The summed E-state index contributed by atoms with van der Waals surface area (Å²) in [6, 6.07) is 11.0. The Balaban J connectivity index is 1.86. The lowest BCUT2D eigenvalue weighted by Gasteiger charge is -2.10. The lowest BCUT2D eigenvalue weighted by molar-refractivity contribution is 0.102. The van der Waals surface area contributed by atoms with Gasteiger partial charge in [-0.3, -0.25) is 4.79 Å². The van der Waals surface area contributed by atoms with Crippen molar-refractivity contribution in [2.75, 3.05) is 37.8 Å². The van der Waals surface area contributed by atoms with Gasteiger partial charge in [0.05, 0.1) is 11.9 Å². The van der Waals surface area contributed by atoms with Gasteiger partial charge in [-0.15, -0.1) is 0 Å². The summed E-state index contributed by atoms with van der Waals surface area (Å²) in [5, 5.41) is 6.10. The van der Waals surface area contributed by atoms with Gasteiger partial charge in [0.25, 0.3) is 5.91 Å². The van der Waals surface area contributed by atoms with Crippen LogP contribution in [0.25, 0.3) is 0 Å². The molecule has 2 rings (SSSR count). The Kier molecular flexibility index (Phi) is 6.55. The number of nitrogens with zero attached hydrogens (tertiary/aromatic N) is 2. The van der Waals surface area contributed by atoms with E-state index < -0.39 is 0 Å². The van der Waals surface area contributed by atoms with E-state index in [1.165, 1.54) is 0 Å². The molecule has 1 aromatic heterocycles. The van der Waals surface area contributed by atoms with Crippen LogP contribution in [0.2, 0.25) is 0 Å². The maximum absolute atomic E-state index is 12.1. The summed E-state index contributed by atoms with van der Waals surface area (Å²) in [5.41, 5.74) is 1.28. The van der Waals surface area contributed by atoms with Gasteiger partial charge in [0.1, 0.15) is 5.82 Å². The van der Waals surface area contributed by atoms with Crippen LogP contribution >= 0.6 is 15.9 Å². The largest absolute Gasteiger partial charge is 0.370 e. The summed E-state index contributed by atoms with van der Waals surface area (Å²) in [6.07, 6.45) is 2.71. The lowest BCUT2D eigenvalue weighted by atomic mass is 10.2. The number of hydrogen-bond donors (Lipinski definition) is 2. The van der Waals surface area contributed by atoms with Gasteiger partial charge in [0.2, 0.25) is 0 Å². The van der Waals surface area contributed by atoms with Crippen molar-refractivity contribution in [1.29, 1.82) is 0 Å². The van der Waals surface area contributed by atoms with Crippen LogP contribution in [0, 0.1) is 0 Å². The second-order valence-electron chi connectivity index (χ2n) is 5.48. The quantitative estimate of drug-likeness (QED) is 0.726. The first-order chi connectivity index (χ1) is 11.0. The first-order valence-electron chi connectivity index (χ1n) is 7.46. The van der Waals surface area contributed by atoms with Crippen LogP contribution in [0.4, 0.5) is 11.5 Å².